The molecule has 1 aliphatic rings. The molecule has 0 spiro atoms. The lowest BCUT2D eigenvalue weighted by Gasteiger charge is -2.21. The van der Waals surface area contributed by atoms with Gasteiger partial charge in [-0.2, -0.15) is 5.26 Å². The van der Waals surface area contributed by atoms with Crippen molar-refractivity contribution in [1.82, 2.24) is 4.98 Å². The van der Waals surface area contributed by atoms with Gasteiger partial charge in [-0.1, -0.05) is 43.4 Å². The Morgan fingerprint density at radius 1 is 1.31 bits per heavy atom. The van der Waals surface area contributed by atoms with E-state index in [2.05, 4.69) is 10.3 Å². The van der Waals surface area contributed by atoms with Gasteiger partial charge in [-0.25, -0.2) is 13.4 Å². The molecule has 0 bridgehead atoms. The van der Waals surface area contributed by atoms with Crippen LogP contribution in [0.3, 0.4) is 0 Å². The lowest BCUT2D eigenvalue weighted by Crippen LogP contribution is -2.23. The number of sulfone groups is 1. The zero-order chi connectivity index (χ0) is 21.0. The summed E-state index contributed by atoms with van der Waals surface area (Å²) in [6.45, 7) is 0. The number of hydrogen-bond acceptors (Lipinski definition) is 5. The van der Waals surface area contributed by atoms with E-state index in [0.717, 1.165) is 31.9 Å². The lowest BCUT2D eigenvalue weighted by molar-refractivity contribution is -0.118. The Hall–Kier alpha value is -2.43. The molecular formula is C21H22ClN3O3S. The number of aromatic nitrogens is 1. The fourth-order valence-corrected chi connectivity index (χ4v) is 5.09. The van der Waals surface area contributed by atoms with Gasteiger partial charge in [-0.05, 0) is 42.2 Å². The van der Waals surface area contributed by atoms with Crippen LogP contribution in [0.25, 0.3) is 0 Å². The molecule has 1 aromatic carbocycles. The van der Waals surface area contributed by atoms with Gasteiger partial charge < -0.3 is 5.32 Å². The first kappa shape index (κ1) is 21.3. The summed E-state index contributed by atoms with van der Waals surface area (Å²) < 4.78 is 23.7. The van der Waals surface area contributed by atoms with E-state index in [4.69, 9.17) is 16.9 Å². The molecule has 0 radical (unpaired) electrons. The van der Waals surface area contributed by atoms with E-state index < -0.39 is 15.8 Å². The second-order valence-electron chi connectivity index (χ2n) is 7.43. The standard InChI is InChI=1S/C21H22ClN3O3S/c1-29(27,28)19-8-7-16(11-18(19)22)17(10-14-4-2-3-5-14)21(26)25-20-9-6-15(12-23)13-24-20/h6-9,11,13-14,17H,2-5,10H2,1H3,(H,24,25,26)/t17-/m1/s1. The van der Waals surface area contributed by atoms with Crippen LogP contribution in [0.4, 0.5) is 5.82 Å². The fourth-order valence-electron chi connectivity index (χ4n) is 3.76. The summed E-state index contributed by atoms with van der Waals surface area (Å²) in [5, 5.41) is 11.8. The van der Waals surface area contributed by atoms with Gasteiger partial charge in [0.05, 0.1) is 21.4 Å². The number of carbonyl (C=O) groups is 1. The molecule has 1 aromatic heterocycles. The second kappa shape index (κ2) is 8.93. The van der Waals surface area contributed by atoms with Gasteiger partial charge in [0.1, 0.15) is 11.9 Å². The highest BCUT2D eigenvalue weighted by molar-refractivity contribution is 7.90. The van der Waals surface area contributed by atoms with Crippen molar-refractivity contribution in [2.24, 2.45) is 5.92 Å². The fraction of sp³-hybridized carbons (Fsp3) is 0.381. The second-order valence-corrected chi connectivity index (χ2v) is 9.83. The van der Waals surface area contributed by atoms with Crippen molar-refractivity contribution in [2.45, 2.75) is 42.9 Å². The SMILES string of the molecule is CS(=O)(=O)c1ccc([C@@H](CC2CCCC2)C(=O)Nc2ccc(C#N)cn2)cc1Cl. The first-order chi connectivity index (χ1) is 13.8. The molecule has 1 amide bonds. The number of amides is 1. The Labute approximate surface area is 175 Å². The largest absolute Gasteiger partial charge is 0.310 e. The third-order valence-corrected chi connectivity index (χ3v) is 6.84. The van der Waals surface area contributed by atoms with E-state index in [9.17, 15) is 13.2 Å². The zero-order valence-electron chi connectivity index (χ0n) is 16.1. The van der Waals surface area contributed by atoms with Crippen molar-refractivity contribution in [3.8, 4) is 6.07 Å². The molecule has 152 valence electrons. The number of anilines is 1. The van der Waals surface area contributed by atoms with Crippen LogP contribution in [-0.4, -0.2) is 25.6 Å². The van der Waals surface area contributed by atoms with E-state index in [1.807, 2.05) is 6.07 Å². The maximum absolute atomic E-state index is 13.1. The smallest absolute Gasteiger partial charge is 0.233 e. The summed E-state index contributed by atoms with van der Waals surface area (Å²) in [6.07, 6.45) is 7.64. The minimum atomic E-state index is -3.44. The van der Waals surface area contributed by atoms with Gasteiger partial charge in [-0.15, -0.1) is 0 Å². The van der Waals surface area contributed by atoms with Gasteiger partial charge in [0.25, 0.3) is 0 Å². The summed E-state index contributed by atoms with van der Waals surface area (Å²) in [6, 6.07) is 9.86. The molecule has 0 unspecified atom stereocenters. The molecule has 1 fully saturated rings. The Morgan fingerprint density at radius 3 is 2.59 bits per heavy atom. The maximum atomic E-state index is 13.1. The Bertz CT molecular complexity index is 1040. The van der Waals surface area contributed by atoms with Gasteiger partial charge >= 0.3 is 0 Å². The van der Waals surface area contributed by atoms with Crippen LogP contribution in [0.2, 0.25) is 5.02 Å². The van der Waals surface area contributed by atoms with Crippen LogP contribution in [0.15, 0.2) is 41.4 Å². The first-order valence-electron chi connectivity index (χ1n) is 9.44. The Morgan fingerprint density at radius 2 is 2.03 bits per heavy atom. The molecule has 1 saturated carbocycles. The molecule has 0 saturated heterocycles. The van der Waals surface area contributed by atoms with Gasteiger partial charge in [0.15, 0.2) is 9.84 Å². The highest BCUT2D eigenvalue weighted by Crippen LogP contribution is 2.36. The molecule has 29 heavy (non-hydrogen) atoms. The monoisotopic (exact) mass is 431 g/mol. The highest BCUT2D eigenvalue weighted by Gasteiger charge is 2.28. The van der Waals surface area contributed by atoms with Crippen molar-refractivity contribution < 1.29 is 13.2 Å². The molecule has 6 nitrogen and oxygen atoms in total. The molecule has 3 rings (SSSR count). The van der Waals surface area contributed by atoms with E-state index in [1.165, 1.54) is 12.3 Å². The Balaban J connectivity index is 1.88. The van der Waals surface area contributed by atoms with Crippen LogP contribution >= 0.6 is 11.6 Å². The van der Waals surface area contributed by atoms with Crippen LogP contribution < -0.4 is 5.32 Å². The van der Waals surface area contributed by atoms with Crippen molar-refractivity contribution in [3.63, 3.8) is 0 Å². The third kappa shape index (κ3) is 5.34. The molecule has 1 N–H and O–H groups in total. The van der Waals surface area contributed by atoms with Crippen molar-refractivity contribution >= 4 is 33.2 Å². The molecule has 1 atom stereocenters. The quantitative estimate of drug-likeness (QED) is 0.734. The molecule has 0 aliphatic heterocycles. The number of hydrogen-bond donors (Lipinski definition) is 1. The predicted octanol–water partition coefficient (Wildman–Crippen LogP) is 4.31. The van der Waals surface area contributed by atoms with Crippen LogP contribution in [-0.2, 0) is 14.6 Å². The van der Waals surface area contributed by atoms with Crippen molar-refractivity contribution in [1.29, 1.82) is 5.26 Å². The molecule has 2 aromatic rings. The van der Waals surface area contributed by atoms with Crippen LogP contribution in [0, 0.1) is 17.2 Å². The minimum absolute atomic E-state index is 0.0525. The number of halogens is 1. The summed E-state index contributed by atoms with van der Waals surface area (Å²) in [4.78, 5) is 17.2. The summed E-state index contributed by atoms with van der Waals surface area (Å²) in [5.41, 5.74) is 1.09. The average Bonchev–Trinajstić information content (AvgIpc) is 3.19. The maximum Gasteiger partial charge on any atom is 0.233 e. The van der Waals surface area contributed by atoms with Gasteiger partial charge in [0, 0.05) is 12.5 Å². The number of nitrogens with one attached hydrogen (secondary N) is 1. The average molecular weight is 432 g/mol. The summed E-state index contributed by atoms with van der Waals surface area (Å²) >= 11 is 6.22. The topological polar surface area (TPSA) is 99.9 Å². The van der Waals surface area contributed by atoms with Crippen molar-refractivity contribution in [3.05, 3.63) is 52.7 Å². The normalized spacial score (nSPS) is 15.6. The minimum Gasteiger partial charge on any atom is -0.310 e. The number of benzene rings is 1. The molecule has 1 heterocycles. The molecule has 1 aliphatic carbocycles. The number of rotatable bonds is 6. The van der Waals surface area contributed by atoms with Gasteiger partial charge in [0.2, 0.25) is 5.91 Å². The van der Waals surface area contributed by atoms with Crippen LogP contribution in [0.5, 0.6) is 0 Å². The van der Waals surface area contributed by atoms with Crippen LogP contribution in [0.1, 0.15) is 49.1 Å². The number of carbonyl (C=O) groups excluding carboxylic acids is 1. The van der Waals surface area contributed by atoms with Crippen molar-refractivity contribution in [2.75, 3.05) is 11.6 Å². The highest BCUT2D eigenvalue weighted by atomic mass is 35.5. The van der Waals surface area contributed by atoms with E-state index in [1.54, 1.807) is 24.3 Å². The Kier molecular flexibility index (Phi) is 6.56. The molecular weight excluding hydrogens is 410 g/mol. The van der Waals surface area contributed by atoms with E-state index in [0.29, 0.717) is 29.3 Å². The number of nitriles is 1. The summed E-state index contributed by atoms with van der Waals surface area (Å²) in [5.74, 6) is 0.108. The van der Waals surface area contributed by atoms with Gasteiger partial charge in [-0.3, -0.25) is 4.79 Å². The number of pyridine rings is 1. The number of nitrogens with zero attached hydrogens (tertiary/aromatic N) is 2. The molecule has 8 heteroatoms. The first-order valence-corrected chi connectivity index (χ1v) is 11.7. The third-order valence-electron chi connectivity index (χ3n) is 5.26. The lowest BCUT2D eigenvalue weighted by atomic mass is 9.87. The van der Waals surface area contributed by atoms with E-state index in [-0.39, 0.29) is 15.8 Å². The predicted molar refractivity (Wildman–Crippen MR) is 111 cm³/mol. The summed E-state index contributed by atoms with van der Waals surface area (Å²) in [7, 11) is -3.44. The zero-order valence-corrected chi connectivity index (χ0v) is 17.6. The van der Waals surface area contributed by atoms with E-state index >= 15 is 0 Å².